The summed E-state index contributed by atoms with van der Waals surface area (Å²) >= 11 is 0. The normalized spacial score (nSPS) is 20.2. The van der Waals surface area contributed by atoms with Crippen LogP contribution in [-0.2, 0) is 35.3 Å². The number of aromatic amines is 1. The van der Waals surface area contributed by atoms with Crippen molar-refractivity contribution < 1.29 is 24.5 Å². The summed E-state index contributed by atoms with van der Waals surface area (Å²) in [5.74, 6) is 0.697. The average Bonchev–Trinajstić information content (AvgIpc) is 3.76. The van der Waals surface area contributed by atoms with Crippen LogP contribution < -0.4 is 9.72 Å². The molecular formula is C45H43N3O5-2. The number of phenols is 2. The van der Waals surface area contributed by atoms with E-state index >= 15 is 0 Å². The summed E-state index contributed by atoms with van der Waals surface area (Å²) in [6.07, 6.45) is 13.9. The molecule has 0 spiro atoms. The van der Waals surface area contributed by atoms with Gasteiger partial charge in [0.15, 0.2) is 11.5 Å². The van der Waals surface area contributed by atoms with Crippen LogP contribution in [0.15, 0.2) is 90.8 Å². The lowest BCUT2D eigenvalue weighted by atomic mass is 9.69. The highest BCUT2D eigenvalue weighted by Crippen LogP contribution is 2.46. The first-order valence-corrected chi connectivity index (χ1v) is 18.5. The number of benzene rings is 3. The second kappa shape index (κ2) is 14.7. The first-order chi connectivity index (χ1) is 25.8. The third-order valence-corrected chi connectivity index (χ3v) is 11.2. The fourth-order valence-electron chi connectivity index (χ4n) is 8.52. The van der Waals surface area contributed by atoms with Crippen molar-refractivity contribution in [3.05, 3.63) is 146 Å². The Labute approximate surface area is 309 Å². The summed E-state index contributed by atoms with van der Waals surface area (Å²) in [5, 5.41) is 26.7. The first kappa shape index (κ1) is 34.3. The van der Waals surface area contributed by atoms with Gasteiger partial charge in [-0.15, -0.1) is 5.69 Å². The topological polar surface area (TPSA) is 128 Å². The Bertz CT molecular complexity index is 2240. The smallest absolute Gasteiger partial charge is 0.161 e. The number of ketones is 2. The lowest BCUT2D eigenvalue weighted by molar-refractivity contribution is -0.129. The maximum Gasteiger partial charge on any atom is 0.161 e. The summed E-state index contributed by atoms with van der Waals surface area (Å²) in [5.41, 5.74) is 9.52. The van der Waals surface area contributed by atoms with E-state index in [0.717, 1.165) is 74.4 Å². The fourth-order valence-corrected chi connectivity index (χ4v) is 8.52. The standard InChI is InChI=1S/C45H43N3O5/c1-53-42-23-30-9-12-35(49)25-41(51)43-34(26-48-45-32(14-16-47-45)19-28-4-2-5-29(18-28)20-33(21-30)44(42)52)24-39-37(15-17-46-39)38(43)22-27-8-11-31-6-3-7-40(50)36(31)13-10-27/h2-7,10,13-18,21,23-24,27,38,43,47,50,52H,8-9,11-12,19-20,22,25-26H2,1H3/q-2. The molecule has 3 atom stereocenters. The molecule has 1 aliphatic heterocycles. The summed E-state index contributed by atoms with van der Waals surface area (Å²) in [4.78, 5) is 36.2. The highest BCUT2D eigenvalue weighted by molar-refractivity contribution is 6.02. The fraction of sp³-hybridized carbons (Fsp3) is 0.289. The van der Waals surface area contributed by atoms with Gasteiger partial charge >= 0.3 is 0 Å². The second-order valence-electron chi connectivity index (χ2n) is 14.7. The van der Waals surface area contributed by atoms with E-state index in [1.54, 1.807) is 18.3 Å². The molecule has 0 amide bonds. The van der Waals surface area contributed by atoms with Crippen molar-refractivity contribution in [2.24, 2.45) is 11.8 Å². The van der Waals surface area contributed by atoms with Crippen LogP contribution in [0.3, 0.4) is 0 Å². The molecule has 3 unspecified atom stereocenters. The summed E-state index contributed by atoms with van der Waals surface area (Å²) in [6.45, 7) is 0.297. The van der Waals surface area contributed by atoms with Crippen molar-refractivity contribution in [3.8, 4) is 17.2 Å². The Hall–Kier alpha value is -5.76. The molecule has 8 rings (SSSR count). The third kappa shape index (κ3) is 7.18. The highest BCUT2D eigenvalue weighted by Gasteiger charge is 2.36. The number of hydrogen-bond donors (Lipinski definition) is 3. The molecule has 270 valence electrons. The Kier molecular flexibility index (Phi) is 9.52. The van der Waals surface area contributed by atoms with Crippen molar-refractivity contribution in [2.75, 3.05) is 13.7 Å². The number of ether oxygens (including phenoxy) is 1. The number of H-pyrrole nitrogens is 1. The van der Waals surface area contributed by atoms with Gasteiger partial charge in [0.25, 0.3) is 0 Å². The molecule has 3 aromatic carbocycles. The van der Waals surface area contributed by atoms with Gasteiger partial charge in [0.1, 0.15) is 17.3 Å². The number of phenolic OH excluding ortho intramolecular Hbond substituents is 2. The van der Waals surface area contributed by atoms with Gasteiger partial charge < -0.3 is 30.2 Å². The molecule has 8 nitrogen and oxygen atoms in total. The SMILES string of the molecule is COc1cc2cc(c1O)Cc1cccc(c1)Cc1cc[nH]c1[N-]CC1=Cc3[n-]ccc3C(CC3C=Cc4c(O)cccc4CC3)C1C(=O)CC(=O)CC2. The van der Waals surface area contributed by atoms with Gasteiger partial charge in [0.2, 0.25) is 0 Å². The lowest BCUT2D eigenvalue weighted by Gasteiger charge is -2.37. The molecule has 53 heavy (non-hydrogen) atoms. The Morgan fingerprint density at radius 2 is 1.70 bits per heavy atom. The van der Waals surface area contributed by atoms with Crippen LogP contribution in [0.2, 0.25) is 0 Å². The van der Waals surface area contributed by atoms with E-state index in [1.165, 1.54) is 7.11 Å². The van der Waals surface area contributed by atoms with E-state index in [-0.39, 0.29) is 47.7 Å². The number of carbonyl (C=O) groups excluding carboxylic acids is 2. The zero-order valence-corrected chi connectivity index (χ0v) is 29.8. The van der Waals surface area contributed by atoms with Gasteiger partial charge in [-0.05, 0) is 90.4 Å². The third-order valence-electron chi connectivity index (χ3n) is 11.2. The number of aryl methyl sites for hydroxylation is 2. The number of carbonyl (C=O) groups is 2. The summed E-state index contributed by atoms with van der Waals surface area (Å²) in [6, 6.07) is 21.8. The zero-order valence-electron chi connectivity index (χ0n) is 29.8. The predicted octanol–water partition coefficient (Wildman–Crippen LogP) is 8.52. The van der Waals surface area contributed by atoms with E-state index in [4.69, 9.17) is 15.0 Å². The average molecular weight is 706 g/mol. The van der Waals surface area contributed by atoms with E-state index in [1.807, 2.05) is 54.7 Å². The van der Waals surface area contributed by atoms with Crippen LogP contribution in [0.5, 0.6) is 17.2 Å². The molecule has 5 aromatic rings. The number of allylic oxidation sites excluding steroid dienone is 1. The van der Waals surface area contributed by atoms with Gasteiger partial charge in [-0.2, -0.15) is 6.20 Å². The number of rotatable bonds is 3. The maximum atomic E-state index is 14.6. The Morgan fingerprint density at radius 3 is 2.55 bits per heavy atom. The zero-order chi connectivity index (χ0) is 36.5. The molecule has 0 saturated carbocycles. The molecule has 0 saturated heterocycles. The number of Topliss-reactive ketones (excluding diaryl/α,β-unsaturated/α-hetero) is 2. The van der Waals surface area contributed by atoms with E-state index in [9.17, 15) is 19.8 Å². The van der Waals surface area contributed by atoms with Crippen LogP contribution in [0.4, 0.5) is 5.82 Å². The highest BCUT2D eigenvalue weighted by atomic mass is 16.5. The van der Waals surface area contributed by atoms with Crippen LogP contribution in [-0.4, -0.2) is 40.4 Å². The molecule has 3 heterocycles. The lowest BCUT2D eigenvalue weighted by Crippen LogP contribution is -2.31. The van der Waals surface area contributed by atoms with Crippen molar-refractivity contribution in [1.82, 2.24) is 9.97 Å². The number of aromatic hydroxyl groups is 2. The molecule has 8 heteroatoms. The molecule has 2 aromatic heterocycles. The summed E-state index contributed by atoms with van der Waals surface area (Å²) < 4.78 is 5.54. The molecule has 4 bridgehead atoms. The van der Waals surface area contributed by atoms with Gasteiger partial charge in [-0.1, -0.05) is 96.0 Å². The minimum atomic E-state index is -0.538. The van der Waals surface area contributed by atoms with Gasteiger partial charge in [-0.3, -0.25) is 9.59 Å². The largest absolute Gasteiger partial charge is 0.664 e. The Morgan fingerprint density at radius 1 is 0.868 bits per heavy atom. The number of aromatic nitrogens is 2. The number of fused-ring (bicyclic) bond motifs is 8. The molecule has 2 aliphatic carbocycles. The van der Waals surface area contributed by atoms with Crippen LogP contribution in [0, 0.1) is 11.8 Å². The molecule has 0 fully saturated rings. The number of methoxy groups -OCH3 is 1. The summed E-state index contributed by atoms with van der Waals surface area (Å²) in [7, 11) is 1.53. The van der Waals surface area contributed by atoms with Gasteiger partial charge in [0.05, 0.1) is 13.5 Å². The molecule has 3 aliphatic rings. The number of hydrogen-bond acceptors (Lipinski definition) is 5. The number of nitrogens with one attached hydrogen (secondary N) is 1. The predicted molar refractivity (Wildman–Crippen MR) is 206 cm³/mol. The van der Waals surface area contributed by atoms with Gasteiger partial charge in [-0.25, -0.2) is 0 Å². The quantitative estimate of drug-likeness (QED) is 0.162. The minimum Gasteiger partial charge on any atom is -0.664 e. The Balaban J connectivity index is 1.15. The van der Waals surface area contributed by atoms with Crippen LogP contribution in [0.25, 0.3) is 17.5 Å². The van der Waals surface area contributed by atoms with Crippen molar-refractivity contribution in [2.45, 2.75) is 57.3 Å². The second-order valence-corrected chi connectivity index (χ2v) is 14.7. The molecular weight excluding hydrogens is 663 g/mol. The molecule has 0 radical (unpaired) electrons. The van der Waals surface area contributed by atoms with Crippen molar-refractivity contribution in [1.29, 1.82) is 0 Å². The number of nitrogens with zero attached hydrogens (tertiary/aromatic N) is 2. The van der Waals surface area contributed by atoms with E-state index < -0.39 is 5.92 Å². The van der Waals surface area contributed by atoms with Crippen molar-refractivity contribution in [3.63, 3.8) is 0 Å². The maximum absolute atomic E-state index is 14.6. The molecule has 3 N–H and O–H groups in total. The van der Waals surface area contributed by atoms with E-state index in [2.05, 4.69) is 29.3 Å². The van der Waals surface area contributed by atoms with E-state index in [0.29, 0.717) is 38.0 Å². The van der Waals surface area contributed by atoms with Crippen LogP contribution in [0.1, 0.15) is 81.8 Å². The van der Waals surface area contributed by atoms with Crippen molar-refractivity contribution >= 4 is 29.5 Å². The van der Waals surface area contributed by atoms with Gasteiger partial charge in [0, 0.05) is 29.9 Å². The monoisotopic (exact) mass is 705 g/mol. The van der Waals surface area contributed by atoms with Crippen LogP contribution >= 0.6 is 0 Å². The first-order valence-electron chi connectivity index (χ1n) is 18.5. The minimum absolute atomic E-state index is 0.0917.